The van der Waals surface area contributed by atoms with Gasteiger partial charge in [0.15, 0.2) is 0 Å². The molecule has 0 spiro atoms. The monoisotopic (exact) mass is 711 g/mol. The summed E-state index contributed by atoms with van der Waals surface area (Å²) in [5.41, 5.74) is 11.5. The molecule has 13 heteroatoms. The van der Waals surface area contributed by atoms with Crippen molar-refractivity contribution in [1.82, 2.24) is 29.9 Å². The van der Waals surface area contributed by atoms with Gasteiger partial charge in [0, 0.05) is 78.9 Å². The van der Waals surface area contributed by atoms with Crippen LogP contribution in [-0.4, -0.2) is 63.4 Å². The summed E-state index contributed by atoms with van der Waals surface area (Å²) in [4.78, 5) is 47.7. The number of rotatable bonds is 11. The van der Waals surface area contributed by atoms with Crippen molar-refractivity contribution < 1.29 is 14.3 Å². The molecule has 0 bridgehead atoms. The lowest BCUT2D eigenvalue weighted by Gasteiger charge is -2.38. The molecule has 0 unspecified atom stereocenters. The molecule has 5 heterocycles. The van der Waals surface area contributed by atoms with E-state index in [2.05, 4.69) is 15.6 Å². The van der Waals surface area contributed by atoms with Crippen molar-refractivity contribution in [3.05, 3.63) is 105 Å². The molecular weight excluding hydrogens is 677 g/mol. The highest BCUT2D eigenvalue weighted by Gasteiger charge is 2.33. The second-order valence-electron chi connectivity index (χ2n) is 12.5. The van der Waals surface area contributed by atoms with Crippen LogP contribution >= 0.6 is 23.2 Å². The molecule has 3 aromatic heterocycles. The molecule has 7 rings (SSSR count). The molecule has 11 nitrogen and oxygen atoms in total. The lowest BCUT2D eigenvalue weighted by molar-refractivity contribution is -0.127. The van der Waals surface area contributed by atoms with E-state index in [0.29, 0.717) is 71.9 Å². The van der Waals surface area contributed by atoms with Gasteiger partial charge >= 0.3 is 0 Å². The SMILES string of the molecule is COc1nc(-c2cccc(-c3cccc(-c4ccn5c(=O)c(CN6CC[C@H]6C(N)=O)cnc5c4)c3Cl)c2Cl)ccc1CNC[C@@H]1CCC(=O)N1. The van der Waals surface area contributed by atoms with Crippen molar-refractivity contribution in [3.8, 4) is 39.4 Å². The molecule has 4 N–H and O–H groups in total. The largest absolute Gasteiger partial charge is 0.481 e. The second-order valence-corrected chi connectivity index (χ2v) is 13.3. The van der Waals surface area contributed by atoms with Gasteiger partial charge in [-0.2, -0.15) is 0 Å². The number of nitrogens with two attached hydrogens (primary N) is 1. The van der Waals surface area contributed by atoms with Gasteiger partial charge in [-0.25, -0.2) is 9.97 Å². The molecule has 5 aromatic rings. The van der Waals surface area contributed by atoms with Gasteiger partial charge in [-0.05, 0) is 36.6 Å². The molecule has 2 fully saturated rings. The number of methoxy groups -OCH3 is 1. The first-order valence-corrected chi connectivity index (χ1v) is 17.1. The van der Waals surface area contributed by atoms with Crippen LogP contribution in [0.3, 0.4) is 0 Å². The molecule has 2 amide bonds. The molecule has 0 aliphatic carbocycles. The van der Waals surface area contributed by atoms with E-state index >= 15 is 0 Å². The van der Waals surface area contributed by atoms with Gasteiger partial charge in [0.1, 0.15) is 5.65 Å². The molecule has 2 atom stereocenters. The van der Waals surface area contributed by atoms with E-state index in [0.717, 1.165) is 39.8 Å². The number of ether oxygens (including phenoxy) is 1. The fourth-order valence-electron chi connectivity index (χ4n) is 6.60. The number of carbonyl (C=O) groups is 2. The lowest BCUT2D eigenvalue weighted by atomic mass is 9.97. The van der Waals surface area contributed by atoms with Crippen LogP contribution in [-0.2, 0) is 22.7 Å². The summed E-state index contributed by atoms with van der Waals surface area (Å²) < 4.78 is 7.13. The van der Waals surface area contributed by atoms with Crippen LogP contribution in [0.25, 0.3) is 39.2 Å². The van der Waals surface area contributed by atoms with Crippen LogP contribution in [0.2, 0.25) is 10.0 Å². The average molecular weight is 713 g/mol. The first-order valence-electron chi connectivity index (χ1n) is 16.4. The lowest BCUT2D eigenvalue weighted by Crippen LogP contribution is -2.54. The van der Waals surface area contributed by atoms with E-state index < -0.39 is 0 Å². The normalized spacial score (nSPS) is 17.5. The van der Waals surface area contributed by atoms with Crippen molar-refractivity contribution in [1.29, 1.82) is 0 Å². The Labute approximate surface area is 298 Å². The summed E-state index contributed by atoms with van der Waals surface area (Å²) in [7, 11) is 1.59. The van der Waals surface area contributed by atoms with Gasteiger partial charge in [0.05, 0.1) is 34.5 Å². The summed E-state index contributed by atoms with van der Waals surface area (Å²) in [6.45, 7) is 2.21. The number of hydrogen-bond donors (Lipinski definition) is 3. The minimum Gasteiger partial charge on any atom is -0.481 e. The summed E-state index contributed by atoms with van der Waals surface area (Å²) in [6.07, 6.45) is 5.33. The summed E-state index contributed by atoms with van der Waals surface area (Å²) >= 11 is 14.2. The number of aromatic nitrogens is 3. The third-order valence-corrected chi connectivity index (χ3v) is 10.2. The van der Waals surface area contributed by atoms with Crippen molar-refractivity contribution >= 4 is 40.7 Å². The third kappa shape index (κ3) is 6.57. The van der Waals surface area contributed by atoms with Crippen molar-refractivity contribution in [2.24, 2.45) is 5.73 Å². The molecule has 2 saturated heterocycles. The predicted octanol–water partition coefficient (Wildman–Crippen LogP) is 4.83. The average Bonchev–Trinajstić information content (AvgIpc) is 3.52. The van der Waals surface area contributed by atoms with Crippen LogP contribution in [0.15, 0.2) is 77.9 Å². The minimum atomic E-state index is -0.384. The number of likely N-dealkylation sites (tertiary alicyclic amines) is 1. The van der Waals surface area contributed by atoms with Crippen molar-refractivity contribution in [3.63, 3.8) is 0 Å². The number of primary amides is 1. The topological polar surface area (TPSA) is 144 Å². The molecule has 256 valence electrons. The number of amides is 2. The summed E-state index contributed by atoms with van der Waals surface area (Å²) in [5, 5.41) is 7.33. The Morgan fingerprint density at radius 3 is 2.42 bits per heavy atom. The van der Waals surface area contributed by atoms with Crippen LogP contribution in [0.1, 0.15) is 30.4 Å². The van der Waals surface area contributed by atoms with Crippen LogP contribution in [0, 0.1) is 0 Å². The quantitative estimate of drug-likeness (QED) is 0.177. The molecule has 2 aliphatic rings. The zero-order valence-electron chi connectivity index (χ0n) is 27.3. The Morgan fingerprint density at radius 2 is 1.74 bits per heavy atom. The molecule has 0 saturated carbocycles. The first-order chi connectivity index (χ1) is 24.2. The number of carbonyl (C=O) groups excluding carboxylic acids is 2. The summed E-state index contributed by atoms with van der Waals surface area (Å²) in [6, 6.07) is 18.8. The first kappa shape index (κ1) is 33.7. The Hall–Kier alpha value is -4.81. The number of fused-ring (bicyclic) bond motifs is 1. The zero-order chi connectivity index (χ0) is 34.9. The van der Waals surface area contributed by atoms with E-state index in [1.807, 2.05) is 65.6 Å². The molecule has 50 heavy (non-hydrogen) atoms. The van der Waals surface area contributed by atoms with Crippen LogP contribution in [0.4, 0.5) is 0 Å². The van der Waals surface area contributed by atoms with E-state index in [9.17, 15) is 14.4 Å². The Kier molecular flexibility index (Phi) is 9.56. The zero-order valence-corrected chi connectivity index (χ0v) is 28.8. The number of benzene rings is 2. The Bertz CT molecular complexity index is 2190. The fourth-order valence-corrected chi connectivity index (χ4v) is 7.26. The highest BCUT2D eigenvalue weighted by atomic mass is 35.5. The van der Waals surface area contributed by atoms with Gasteiger partial charge in [-0.15, -0.1) is 0 Å². The van der Waals surface area contributed by atoms with Gasteiger partial charge < -0.3 is 21.1 Å². The maximum absolute atomic E-state index is 13.3. The van der Waals surface area contributed by atoms with Gasteiger partial charge in [0.25, 0.3) is 5.56 Å². The molecule has 2 aromatic carbocycles. The van der Waals surface area contributed by atoms with Crippen LogP contribution in [0.5, 0.6) is 5.88 Å². The van der Waals surface area contributed by atoms with Gasteiger partial charge in [-0.3, -0.25) is 23.7 Å². The summed E-state index contributed by atoms with van der Waals surface area (Å²) in [5.74, 6) is 0.190. The van der Waals surface area contributed by atoms with E-state index in [-0.39, 0.29) is 29.5 Å². The maximum atomic E-state index is 13.3. The van der Waals surface area contributed by atoms with Crippen molar-refractivity contribution in [2.75, 3.05) is 20.2 Å². The number of hydrogen-bond acceptors (Lipinski definition) is 8. The van der Waals surface area contributed by atoms with Crippen molar-refractivity contribution in [2.45, 2.75) is 44.4 Å². The van der Waals surface area contributed by atoms with E-state index in [1.165, 1.54) is 4.40 Å². The molecule has 0 radical (unpaired) electrons. The fraction of sp³-hybridized carbons (Fsp3) is 0.270. The van der Waals surface area contributed by atoms with E-state index in [4.69, 9.17) is 38.7 Å². The Balaban J connectivity index is 1.14. The van der Waals surface area contributed by atoms with Gasteiger partial charge in [-0.1, -0.05) is 65.7 Å². The number of nitrogens with one attached hydrogen (secondary N) is 2. The number of nitrogens with zero attached hydrogens (tertiary/aromatic N) is 4. The Morgan fingerprint density at radius 1 is 1.00 bits per heavy atom. The number of pyridine rings is 2. The minimum absolute atomic E-state index is 0.0896. The molecule has 2 aliphatic heterocycles. The second kappa shape index (κ2) is 14.2. The van der Waals surface area contributed by atoms with Gasteiger partial charge in [0.2, 0.25) is 17.7 Å². The standard InChI is InChI=1S/C37H35Cl2N7O4/c1-50-36-22(17-41-19-24-9-11-32(47)43-24)8-10-29(44-36)28-7-3-6-27(34(28)39)26-5-2-4-25(33(26)38)21-12-15-46-31(16-21)42-18-23(37(46)49)20-45-14-13-30(45)35(40)48/h2-8,10,12,15-16,18,24,30,41H,9,11,13-14,17,19-20H2,1H3,(H2,40,48)(H,43,47)/t24-,30-/m0/s1. The highest BCUT2D eigenvalue weighted by molar-refractivity contribution is 6.39. The third-order valence-electron chi connectivity index (χ3n) is 9.41. The highest BCUT2D eigenvalue weighted by Crippen LogP contribution is 2.42. The molecular formula is C37H35Cl2N7O4. The maximum Gasteiger partial charge on any atom is 0.262 e. The number of halogens is 2. The smallest absolute Gasteiger partial charge is 0.262 e. The predicted molar refractivity (Wildman–Crippen MR) is 193 cm³/mol. The van der Waals surface area contributed by atoms with E-state index in [1.54, 1.807) is 19.5 Å². The van der Waals surface area contributed by atoms with Crippen LogP contribution < -0.4 is 26.7 Å².